The summed E-state index contributed by atoms with van der Waals surface area (Å²) in [5.74, 6) is -2.85. The Labute approximate surface area is 386 Å². The number of hydrogen-bond donors (Lipinski definition) is 4. The topological polar surface area (TPSA) is 181 Å². The van der Waals surface area contributed by atoms with Gasteiger partial charge in [0.2, 0.25) is 19.2 Å². The molecule has 3 amide bonds. The summed E-state index contributed by atoms with van der Waals surface area (Å²) in [7, 11) is -3.06. The van der Waals surface area contributed by atoms with E-state index in [2.05, 4.69) is 16.0 Å². The number of fused-ring (bicyclic) bond motifs is 3. The molecule has 2 aromatic heterocycles. The Morgan fingerprint density at radius 2 is 1.71 bits per heavy atom. The van der Waals surface area contributed by atoms with Gasteiger partial charge in [0.25, 0.3) is 0 Å². The zero-order valence-electron chi connectivity index (χ0n) is 36.7. The van der Waals surface area contributed by atoms with Gasteiger partial charge >= 0.3 is 6.09 Å². The van der Waals surface area contributed by atoms with Crippen molar-refractivity contribution in [3.05, 3.63) is 64.0 Å². The number of halogens is 3. The van der Waals surface area contributed by atoms with Crippen LogP contribution >= 0.6 is 30.3 Å². The van der Waals surface area contributed by atoms with Crippen LogP contribution < -0.4 is 25.4 Å². The van der Waals surface area contributed by atoms with E-state index in [4.69, 9.17) is 35.8 Å². The van der Waals surface area contributed by atoms with E-state index in [0.29, 0.717) is 64.6 Å². The normalized spacial score (nSPS) is 25.2. The standard InChI is InChI=1S/C46H56ClF2N6O8PS/c1-26(2)50-44-52-36(25-65-44)35-21-39(30-18-19-38(61-3)40(47)41(30)51-35)62-29-20-37-42(56)54-46(64(59,60)24-31-32(48)15-11-16-33(31)49)22-27(46)12-7-5-4-6-8-17-34(43(57)55(37)23-29)53-45(58)63-28-13-9-10-14-28/h11,15-16,18-19,21,25-29,34,37H,4-10,12-14,17,20,22-24H2,1-3H3,(H,50,52)(H,53,58)(H,54,56)(H,59,60)/t27-,29+,34+,37+,46+/m1/s1. The highest BCUT2D eigenvalue weighted by atomic mass is 35.5. The van der Waals surface area contributed by atoms with Gasteiger partial charge in [-0.3, -0.25) is 14.2 Å². The van der Waals surface area contributed by atoms with E-state index < -0.39 is 78.0 Å². The number of nitrogens with zero attached hydrogens (tertiary/aromatic N) is 3. The van der Waals surface area contributed by atoms with Crippen LogP contribution in [0.4, 0.5) is 18.7 Å². The number of methoxy groups -OCH3 is 1. The van der Waals surface area contributed by atoms with Gasteiger partial charge in [0.1, 0.15) is 63.4 Å². The van der Waals surface area contributed by atoms with Crippen LogP contribution in [0.5, 0.6) is 11.5 Å². The molecule has 2 aliphatic heterocycles. The smallest absolute Gasteiger partial charge is 0.408 e. The van der Waals surface area contributed by atoms with Crippen molar-refractivity contribution in [2.24, 2.45) is 5.92 Å². The first-order valence-electron chi connectivity index (χ1n) is 22.6. The summed E-state index contributed by atoms with van der Waals surface area (Å²) < 4.78 is 62.5. The lowest BCUT2D eigenvalue weighted by Crippen LogP contribution is -2.55. The van der Waals surface area contributed by atoms with Crippen molar-refractivity contribution in [3.63, 3.8) is 0 Å². The lowest BCUT2D eigenvalue weighted by molar-refractivity contribution is -0.140. The monoisotopic (exact) mass is 956 g/mol. The Morgan fingerprint density at radius 3 is 2.43 bits per heavy atom. The van der Waals surface area contributed by atoms with E-state index in [0.717, 1.165) is 57.1 Å². The number of carbonyl (C=O) groups is 3. The Morgan fingerprint density at radius 1 is 1.00 bits per heavy atom. The van der Waals surface area contributed by atoms with Crippen molar-refractivity contribution in [1.29, 1.82) is 0 Å². The molecule has 65 heavy (non-hydrogen) atoms. The van der Waals surface area contributed by atoms with Crippen molar-refractivity contribution in [2.75, 3.05) is 19.0 Å². The highest BCUT2D eigenvalue weighted by Gasteiger charge is 2.66. The van der Waals surface area contributed by atoms with Crippen LogP contribution in [-0.4, -0.2) is 86.9 Å². The Balaban J connectivity index is 1.14. The second kappa shape index (κ2) is 19.7. The second-order valence-corrected chi connectivity index (χ2v) is 21.8. The summed E-state index contributed by atoms with van der Waals surface area (Å²) >= 11 is 8.28. The molecule has 350 valence electrons. The summed E-state index contributed by atoms with van der Waals surface area (Å²) in [6, 6.07) is 6.29. The van der Waals surface area contributed by atoms with E-state index >= 15 is 0 Å². The molecule has 19 heteroatoms. The van der Waals surface area contributed by atoms with Gasteiger partial charge in [-0.25, -0.2) is 23.5 Å². The van der Waals surface area contributed by atoms with Crippen LogP contribution in [0.2, 0.25) is 5.02 Å². The molecule has 6 atom stereocenters. The minimum atomic E-state index is -4.56. The lowest BCUT2D eigenvalue weighted by atomic mass is 10.0. The summed E-state index contributed by atoms with van der Waals surface area (Å²) in [6.45, 7) is 3.92. The molecule has 2 aromatic carbocycles. The van der Waals surface area contributed by atoms with Crippen molar-refractivity contribution >= 4 is 64.2 Å². The van der Waals surface area contributed by atoms with E-state index in [1.54, 1.807) is 18.2 Å². The largest absolute Gasteiger partial charge is 0.495 e. The molecule has 2 saturated carbocycles. The average molecular weight is 957 g/mol. The van der Waals surface area contributed by atoms with Crippen LogP contribution in [0, 0.1) is 17.6 Å². The Kier molecular flexibility index (Phi) is 14.2. The van der Waals surface area contributed by atoms with E-state index in [-0.39, 0.29) is 36.6 Å². The molecule has 4 fully saturated rings. The zero-order valence-corrected chi connectivity index (χ0v) is 39.2. The van der Waals surface area contributed by atoms with Crippen LogP contribution in [0.1, 0.15) is 103 Å². The molecule has 4 aromatic rings. The number of benzene rings is 2. The lowest BCUT2D eigenvalue weighted by Gasteiger charge is -2.31. The molecule has 4 heterocycles. The minimum Gasteiger partial charge on any atom is -0.495 e. The van der Waals surface area contributed by atoms with Crippen LogP contribution in [-0.2, 0) is 25.1 Å². The third kappa shape index (κ3) is 10.2. The predicted octanol–water partition coefficient (Wildman–Crippen LogP) is 9.55. The SMILES string of the molecule is COc1ccc2c(O[C@H]3C[C@H]4C(=O)N[C@]5(P(=O)(O)Cc6c(F)cccc6F)C[C@H]5CCCCCCC[C@H](NC(=O)OC5CCCC5)C(=O)N4C3)cc(-c3csc(NC(C)C)n3)nc2c1Cl. The maximum Gasteiger partial charge on any atom is 0.408 e. The van der Waals surface area contributed by atoms with Gasteiger partial charge in [-0.1, -0.05) is 49.8 Å². The van der Waals surface area contributed by atoms with Crippen LogP contribution in [0.3, 0.4) is 0 Å². The molecule has 2 aliphatic carbocycles. The number of ether oxygens (including phenoxy) is 3. The summed E-state index contributed by atoms with van der Waals surface area (Å²) in [5, 5.41) is 10.7. The second-order valence-electron chi connectivity index (χ2n) is 18.0. The van der Waals surface area contributed by atoms with Gasteiger partial charge in [-0.05, 0) is 89.0 Å². The van der Waals surface area contributed by atoms with Gasteiger partial charge < -0.3 is 40.0 Å². The number of aromatic nitrogens is 2. The number of pyridine rings is 1. The maximum atomic E-state index is 15.0. The highest BCUT2D eigenvalue weighted by molar-refractivity contribution is 7.59. The molecule has 0 spiro atoms. The molecule has 0 bridgehead atoms. The first kappa shape index (κ1) is 46.9. The number of rotatable bonds is 11. The summed E-state index contributed by atoms with van der Waals surface area (Å²) in [4.78, 5) is 65.9. The highest BCUT2D eigenvalue weighted by Crippen LogP contribution is 2.71. The van der Waals surface area contributed by atoms with Crippen LogP contribution in [0.15, 0.2) is 41.8 Å². The number of alkyl carbamates (subject to hydrolysis) is 1. The third-order valence-corrected chi connectivity index (χ3v) is 16.9. The van der Waals surface area contributed by atoms with Gasteiger partial charge in [-0.2, -0.15) is 0 Å². The molecular weight excluding hydrogens is 901 g/mol. The zero-order chi connectivity index (χ0) is 46.0. The maximum absolute atomic E-state index is 15.0. The number of hydrogen-bond acceptors (Lipinski definition) is 11. The number of thiazole rings is 1. The van der Waals surface area contributed by atoms with Crippen molar-refractivity contribution in [1.82, 2.24) is 25.5 Å². The molecular formula is C46H56ClF2N6O8PS. The molecule has 8 rings (SSSR count). The number of amides is 3. The van der Waals surface area contributed by atoms with Gasteiger partial charge in [0, 0.05) is 34.9 Å². The summed E-state index contributed by atoms with van der Waals surface area (Å²) in [5.41, 5.74) is 0.862. The fourth-order valence-electron chi connectivity index (χ4n) is 9.58. The van der Waals surface area contributed by atoms with Gasteiger partial charge in [0.05, 0.1) is 31.0 Å². The molecule has 1 unspecified atom stereocenters. The number of anilines is 1. The Bertz CT molecular complexity index is 2450. The average Bonchev–Trinajstić information content (AvgIpc) is 3.68. The quantitative estimate of drug-likeness (QED) is 0.105. The minimum absolute atomic E-state index is 0.0442. The van der Waals surface area contributed by atoms with Crippen molar-refractivity contribution < 1.29 is 46.8 Å². The molecule has 14 nitrogen and oxygen atoms in total. The summed E-state index contributed by atoms with van der Waals surface area (Å²) in [6.07, 6.45) is 5.33. The fraction of sp³-hybridized carbons (Fsp3) is 0.543. The Hall–Kier alpha value is -4.57. The van der Waals surface area contributed by atoms with Gasteiger partial charge in [-0.15, -0.1) is 11.3 Å². The van der Waals surface area contributed by atoms with E-state index in [1.807, 2.05) is 19.2 Å². The fourth-order valence-corrected chi connectivity index (χ4v) is 13.2. The van der Waals surface area contributed by atoms with Gasteiger partial charge in [0.15, 0.2) is 5.13 Å². The molecule has 4 N–H and O–H groups in total. The van der Waals surface area contributed by atoms with Crippen LogP contribution in [0.25, 0.3) is 22.3 Å². The van der Waals surface area contributed by atoms with Crippen molar-refractivity contribution in [3.8, 4) is 22.9 Å². The van der Waals surface area contributed by atoms with E-state index in [9.17, 15) is 32.6 Å². The molecule has 0 radical (unpaired) electrons. The first-order valence-corrected chi connectivity index (χ1v) is 25.7. The predicted molar refractivity (Wildman–Crippen MR) is 245 cm³/mol. The molecule has 4 aliphatic rings. The third-order valence-electron chi connectivity index (χ3n) is 13.1. The number of nitrogens with one attached hydrogen (secondary N) is 3. The van der Waals surface area contributed by atoms with E-state index in [1.165, 1.54) is 29.4 Å². The number of carbonyl (C=O) groups excluding carboxylic acids is 3. The first-order chi connectivity index (χ1) is 31.2. The molecule has 2 saturated heterocycles. The van der Waals surface area contributed by atoms with Crippen molar-refractivity contribution in [2.45, 2.75) is 139 Å².